The van der Waals surface area contributed by atoms with Gasteiger partial charge in [-0.05, 0) is 42.5 Å². The molecule has 0 aliphatic carbocycles. The first-order valence-electron chi connectivity index (χ1n) is 8.55. The quantitative estimate of drug-likeness (QED) is 0.323. The number of halogens is 2. The van der Waals surface area contributed by atoms with Gasteiger partial charge in [0, 0.05) is 17.8 Å². The van der Waals surface area contributed by atoms with Gasteiger partial charge in [0.05, 0.1) is 31.2 Å². The third-order valence-electron chi connectivity index (χ3n) is 3.95. The van der Waals surface area contributed by atoms with E-state index in [2.05, 4.69) is 15.4 Å². The lowest BCUT2D eigenvalue weighted by Crippen LogP contribution is -2.21. The number of non-ortho nitro benzene ring substituents is 1. The lowest BCUT2D eigenvalue weighted by Gasteiger charge is -2.14. The molecule has 0 saturated carbocycles. The van der Waals surface area contributed by atoms with Crippen molar-refractivity contribution in [3.8, 4) is 0 Å². The number of sulfonamides is 1. The number of urea groups is 1. The molecule has 0 spiro atoms. The maximum atomic E-state index is 12.6. The number of anilines is 3. The maximum Gasteiger partial charge on any atom is 0.323 e. The largest absolute Gasteiger partial charge is 0.323 e. The number of nitro benzene ring substituents is 1. The predicted molar refractivity (Wildman–Crippen MR) is 119 cm³/mol. The summed E-state index contributed by atoms with van der Waals surface area (Å²) in [6, 6.07) is 14.5. The molecule has 3 rings (SSSR count). The van der Waals surface area contributed by atoms with Gasteiger partial charge in [0.25, 0.3) is 15.7 Å². The Morgan fingerprint density at radius 2 is 1.52 bits per heavy atom. The van der Waals surface area contributed by atoms with Crippen molar-refractivity contribution in [2.75, 3.05) is 15.4 Å². The molecule has 0 bridgehead atoms. The van der Waals surface area contributed by atoms with Crippen LogP contribution in [-0.2, 0) is 10.0 Å². The molecular weight excluding hydrogens is 467 g/mol. The molecule has 0 atom stereocenters. The lowest BCUT2D eigenvalue weighted by molar-refractivity contribution is -0.384. The molecule has 12 heteroatoms. The summed E-state index contributed by atoms with van der Waals surface area (Å²) in [4.78, 5) is 22.3. The molecule has 3 aromatic carbocycles. The van der Waals surface area contributed by atoms with Crippen LogP contribution < -0.4 is 15.4 Å². The molecular formula is C19H14Cl2N4O5S. The van der Waals surface area contributed by atoms with Gasteiger partial charge in [-0.15, -0.1) is 0 Å². The van der Waals surface area contributed by atoms with Crippen LogP contribution in [0.2, 0.25) is 10.0 Å². The molecule has 0 fully saturated rings. The third-order valence-corrected chi connectivity index (χ3v) is 6.08. The summed E-state index contributed by atoms with van der Waals surface area (Å²) in [5.41, 5.74) is 0.437. The molecule has 9 nitrogen and oxygen atoms in total. The van der Waals surface area contributed by atoms with E-state index in [-0.39, 0.29) is 27.0 Å². The first-order chi connectivity index (χ1) is 14.7. The minimum absolute atomic E-state index is 0.102. The number of nitrogens with one attached hydrogen (secondary N) is 3. The minimum atomic E-state index is -4.06. The van der Waals surface area contributed by atoms with Crippen molar-refractivity contribution < 1.29 is 18.1 Å². The van der Waals surface area contributed by atoms with Gasteiger partial charge in [-0.25, -0.2) is 13.2 Å². The molecule has 3 N–H and O–H groups in total. The van der Waals surface area contributed by atoms with Crippen LogP contribution in [0, 0.1) is 10.1 Å². The van der Waals surface area contributed by atoms with Gasteiger partial charge >= 0.3 is 6.03 Å². The number of carbonyl (C=O) groups is 1. The van der Waals surface area contributed by atoms with Crippen LogP contribution in [0.3, 0.4) is 0 Å². The van der Waals surface area contributed by atoms with Gasteiger partial charge in [-0.1, -0.05) is 35.3 Å². The summed E-state index contributed by atoms with van der Waals surface area (Å²) in [5, 5.41) is 16.5. The first kappa shape index (κ1) is 22.3. The van der Waals surface area contributed by atoms with E-state index in [1.54, 1.807) is 18.2 Å². The van der Waals surface area contributed by atoms with Crippen molar-refractivity contribution in [3.05, 3.63) is 86.9 Å². The van der Waals surface area contributed by atoms with Gasteiger partial charge in [-0.3, -0.25) is 14.8 Å². The summed E-state index contributed by atoms with van der Waals surface area (Å²) >= 11 is 11.8. The van der Waals surface area contributed by atoms with Crippen LogP contribution in [0.4, 0.5) is 27.5 Å². The fourth-order valence-corrected chi connectivity index (χ4v) is 3.87. The second-order valence-electron chi connectivity index (χ2n) is 6.11. The standard InChI is InChI=1S/C19H14Cl2N4O5S/c20-15-10-5-12(11-16(15)21)22-19(26)23-17-3-1-2-4-18(17)24-31(29,30)14-8-6-13(7-9-14)25(27)28/h1-11,24H,(H2,22,23,26). The number of para-hydroxylation sites is 2. The Labute approximate surface area is 187 Å². The number of carbonyl (C=O) groups excluding carboxylic acids is 1. The number of hydrogen-bond donors (Lipinski definition) is 3. The highest BCUT2D eigenvalue weighted by atomic mass is 35.5. The van der Waals surface area contributed by atoms with Gasteiger partial charge in [-0.2, -0.15) is 0 Å². The minimum Gasteiger partial charge on any atom is -0.308 e. The number of hydrogen-bond acceptors (Lipinski definition) is 5. The van der Waals surface area contributed by atoms with E-state index in [4.69, 9.17) is 23.2 Å². The molecule has 2 amide bonds. The number of benzene rings is 3. The zero-order chi connectivity index (χ0) is 22.6. The molecule has 0 aliphatic rings. The molecule has 0 radical (unpaired) electrons. The first-order valence-corrected chi connectivity index (χ1v) is 10.8. The Bertz CT molecular complexity index is 1250. The SMILES string of the molecule is O=C(Nc1ccc(Cl)c(Cl)c1)Nc1ccccc1NS(=O)(=O)c1ccc([N+](=O)[O-])cc1. The highest BCUT2D eigenvalue weighted by Gasteiger charge is 2.18. The van der Waals surface area contributed by atoms with E-state index in [0.717, 1.165) is 24.3 Å². The second kappa shape index (κ2) is 9.21. The average Bonchev–Trinajstić information content (AvgIpc) is 2.72. The van der Waals surface area contributed by atoms with E-state index in [9.17, 15) is 23.3 Å². The van der Waals surface area contributed by atoms with Crippen molar-refractivity contribution in [2.45, 2.75) is 4.90 Å². The molecule has 0 unspecified atom stereocenters. The smallest absolute Gasteiger partial charge is 0.308 e. The maximum absolute atomic E-state index is 12.6. The Kier molecular flexibility index (Phi) is 6.64. The molecule has 0 aliphatic heterocycles. The Balaban J connectivity index is 1.77. The van der Waals surface area contributed by atoms with E-state index < -0.39 is 21.0 Å². The second-order valence-corrected chi connectivity index (χ2v) is 8.61. The number of rotatable bonds is 6. The summed E-state index contributed by atoms with van der Waals surface area (Å²) in [5.74, 6) is 0. The predicted octanol–water partition coefficient (Wildman–Crippen LogP) is 5.35. The molecule has 0 heterocycles. The third kappa shape index (κ3) is 5.63. The van der Waals surface area contributed by atoms with Crippen LogP contribution in [0.15, 0.2) is 71.6 Å². The van der Waals surface area contributed by atoms with Crippen molar-refractivity contribution in [3.63, 3.8) is 0 Å². The Morgan fingerprint density at radius 1 is 0.871 bits per heavy atom. The summed E-state index contributed by atoms with van der Waals surface area (Å²) in [6.07, 6.45) is 0. The van der Waals surface area contributed by atoms with E-state index >= 15 is 0 Å². The van der Waals surface area contributed by atoms with Crippen LogP contribution in [-0.4, -0.2) is 19.4 Å². The normalized spacial score (nSPS) is 10.9. The molecule has 0 saturated heterocycles. The fraction of sp³-hybridized carbons (Fsp3) is 0. The lowest BCUT2D eigenvalue weighted by atomic mass is 10.3. The molecule has 0 aromatic heterocycles. The van der Waals surface area contributed by atoms with E-state index in [1.165, 1.54) is 24.3 Å². The van der Waals surface area contributed by atoms with Crippen molar-refractivity contribution in [1.29, 1.82) is 0 Å². The topological polar surface area (TPSA) is 130 Å². The summed E-state index contributed by atoms with van der Waals surface area (Å²) in [7, 11) is -4.06. The fourth-order valence-electron chi connectivity index (χ4n) is 2.49. The zero-order valence-electron chi connectivity index (χ0n) is 15.5. The summed E-state index contributed by atoms with van der Waals surface area (Å²) < 4.78 is 27.6. The van der Waals surface area contributed by atoms with Gasteiger partial charge in [0.15, 0.2) is 0 Å². The summed E-state index contributed by atoms with van der Waals surface area (Å²) in [6.45, 7) is 0. The number of nitrogens with zero attached hydrogens (tertiary/aromatic N) is 1. The average molecular weight is 481 g/mol. The van der Waals surface area contributed by atoms with E-state index in [1.807, 2.05) is 0 Å². The number of nitro groups is 1. The van der Waals surface area contributed by atoms with Crippen molar-refractivity contribution >= 4 is 62.0 Å². The van der Waals surface area contributed by atoms with E-state index in [0.29, 0.717) is 10.7 Å². The van der Waals surface area contributed by atoms with Crippen LogP contribution in [0.25, 0.3) is 0 Å². The van der Waals surface area contributed by atoms with Gasteiger partial charge < -0.3 is 10.6 Å². The Morgan fingerprint density at radius 3 is 2.13 bits per heavy atom. The van der Waals surface area contributed by atoms with Crippen LogP contribution in [0.5, 0.6) is 0 Å². The van der Waals surface area contributed by atoms with Gasteiger partial charge in [0.1, 0.15) is 0 Å². The zero-order valence-corrected chi connectivity index (χ0v) is 17.8. The highest BCUT2D eigenvalue weighted by Crippen LogP contribution is 2.27. The molecule has 3 aromatic rings. The molecule has 160 valence electrons. The monoisotopic (exact) mass is 480 g/mol. The van der Waals surface area contributed by atoms with Crippen LogP contribution in [0.1, 0.15) is 0 Å². The number of amides is 2. The molecule has 31 heavy (non-hydrogen) atoms. The van der Waals surface area contributed by atoms with Crippen molar-refractivity contribution in [1.82, 2.24) is 0 Å². The Hall–Kier alpha value is -3.34. The highest BCUT2D eigenvalue weighted by molar-refractivity contribution is 7.92. The van der Waals surface area contributed by atoms with Crippen LogP contribution >= 0.6 is 23.2 Å². The van der Waals surface area contributed by atoms with Gasteiger partial charge in [0.2, 0.25) is 0 Å². The van der Waals surface area contributed by atoms with Crippen molar-refractivity contribution in [2.24, 2.45) is 0 Å².